The molecule has 1 unspecified atom stereocenters. The first-order valence-corrected chi connectivity index (χ1v) is 22.7. The average Bonchev–Trinajstić information content (AvgIpc) is 3.80. The van der Waals surface area contributed by atoms with Gasteiger partial charge in [-0.1, -0.05) is 12.8 Å². The Bertz CT molecular complexity index is 2270. The maximum atomic E-state index is 15.1. The van der Waals surface area contributed by atoms with Crippen LogP contribution in [0, 0.1) is 17.2 Å². The number of piperidine rings is 3. The zero-order valence-corrected chi connectivity index (χ0v) is 36.4. The Morgan fingerprint density at radius 3 is 2.39 bits per heavy atom. The molecule has 64 heavy (non-hydrogen) atoms. The van der Waals surface area contributed by atoms with Crippen LogP contribution in [0.1, 0.15) is 87.4 Å². The molecule has 18 heteroatoms. The molecular weight excluding hydrogens is 830 g/mol. The van der Waals surface area contributed by atoms with Crippen molar-refractivity contribution in [1.29, 1.82) is 0 Å². The summed E-state index contributed by atoms with van der Waals surface area (Å²) >= 11 is 0. The maximum absolute atomic E-state index is 15.1. The molecule has 4 amide bonds. The summed E-state index contributed by atoms with van der Waals surface area (Å²) in [5.41, 5.74) is 2.50. The smallest absolute Gasteiger partial charge is 0.342 e. The van der Waals surface area contributed by atoms with Crippen molar-refractivity contribution >= 4 is 58.1 Å². The number of amides is 4. The molecule has 9 rings (SSSR count). The normalized spacial score (nSPS) is 23.0. The van der Waals surface area contributed by atoms with Crippen LogP contribution in [0.15, 0.2) is 42.6 Å². The van der Waals surface area contributed by atoms with Gasteiger partial charge in [0.15, 0.2) is 5.82 Å². The fourth-order valence-corrected chi connectivity index (χ4v) is 10.7. The van der Waals surface area contributed by atoms with Crippen molar-refractivity contribution in [1.82, 2.24) is 25.5 Å². The first kappa shape index (κ1) is 43.6. The fraction of sp³-hybridized carbons (Fsp3) is 0.565. The Kier molecular flexibility index (Phi) is 12.1. The third-order valence-corrected chi connectivity index (χ3v) is 14.5. The Labute approximate surface area is 370 Å². The zero-order chi connectivity index (χ0) is 44.8. The number of alkyl halides is 2. The fourth-order valence-electron chi connectivity index (χ4n) is 10.7. The Hall–Kier alpha value is -5.65. The number of methoxy groups -OCH3 is 1. The minimum absolute atomic E-state index is 0.0903. The number of benzene rings is 2. The Balaban J connectivity index is 0.731. The van der Waals surface area contributed by atoms with Crippen molar-refractivity contribution in [3.05, 3.63) is 54.0 Å². The van der Waals surface area contributed by atoms with Crippen LogP contribution in [0.4, 0.5) is 47.7 Å². The predicted octanol–water partition coefficient (Wildman–Crippen LogP) is 5.84. The van der Waals surface area contributed by atoms with E-state index in [2.05, 4.69) is 41.0 Å². The highest BCUT2D eigenvalue weighted by molar-refractivity contribution is 6.02. The van der Waals surface area contributed by atoms with Gasteiger partial charge in [-0.25, -0.2) is 9.37 Å². The van der Waals surface area contributed by atoms with Crippen molar-refractivity contribution < 1.29 is 37.1 Å². The maximum Gasteiger partial charge on any atom is 0.342 e. The van der Waals surface area contributed by atoms with Crippen molar-refractivity contribution in [3.63, 3.8) is 0 Å². The number of imide groups is 1. The molecule has 3 saturated heterocycles. The summed E-state index contributed by atoms with van der Waals surface area (Å²) < 4.78 is 50.9. The van der Waals surface area contributed by atoms with Gasteiger partial charge in [0, 0.05) is 56.4 Å². The summed E-state index contributed by atoms with van der Waals surface area (Å²) in [7, 11) is 2.82. The van der Waals surface area contributed by atoms with Crippen LogP contribution in [-0.2, 0) is 14.4 Å². The van der Waals surface area contributed by atoms with Gasteiger partial charge in [-0.3, -0.25) is 24.5 Å². The van der Waals surface area contributed by atoms with Crippen molar-refractivity contribution in [3.8, 4) is 5.75 Å². The number of halogens is 3. The molecule has 2 aromatic carbocycles. The first-order valence-electron chi connectivity index (χ1n) is 22.7. The van der Waals surface area contributed by atoms with Crippen LogP contribution >= 0.6 is 0 Å². The average molecular weight is 887 g/mol. The van der Waals surface area contributed by atoms with Crippen LogP contribution in [-0.4, -0.2) is 116 Å². The number of anilines is 6. The summed E-state index contributed by atoms with van der Waals surface area (Å²) in [5.74, 6) is -4.80. The summed E-state index contributed by atoms with van der Waals surface area (Å²) in [6.45, 7) is 4.07. The molecule has 4 aliphatic heterocycles. The van der Waals surface area contributed by atoms with Crippen LogP contribution in [0.3, 0.4) is 0 Å². The third kappa shape index (κ3) is 9.02. The molecule has 0 radical (unpaired) electrons. The standard InChI is InChI=1S/C46H57F3N10O5/c1-56-37-25-50-44(55-40(37)59(31-5-3-4-6-31)27-46(48,49)43(56)63)53-35-9-7-29(21-38(35)64-2)41(61)51-30-23-45(24-30)15-19-57(20-16-45)26-28-13-17-58(18-14-28)32-8-10-34(33(47)22-32)52-36-11-12-39(60)54-42(36)62/h7-10,21-22,25,28,30-31,36,52H,3-6,11-20,23-24,26-27H2,1-2H3,(H,51,61)(H,50,53,55)(H,54,60,62). The highest BCUT2D eigenvalue weighted by Crippen LogP contribution is 2.49. The monoisotopic (exact) mass is 886 g/mol. The van der Waals surface area contributed by atoms with E-state index < -0.39 is 36.1 Å². The van der Waals surface area contributed by atoms with E-state index in [1.54, 1.807) is 29.2 Å². The van der Waals surface area contributed by atoms with Crippen LogP contribution in [0.2, 0.25) is 0 Å². The van der Waals surface area contributed by atoms with Crippen molar-refractivity contribution in [2.45, 2.75) is 101 Å². The summed E-state index contributed by atoms with van der Waals surface area (Å²) in [4.78, 5) is 66.0. The molecule has 2 saturated carbocycles. The Morgan fingerprint density at radius 1 is 0.953 bits per heavy atom. The number of fused-ring (bicyclic) bond motifs is 1. The topological polar surface area (TPSA) is 164 Å². The third-order valence-electron chi connectivity index (χ3n) is 14.5. The number of aromatic nitrogens is 2. The quantitative estimate of drug-likeness (QED) is 0.171. The van der Waals surface area contributed by atoms with E-state index in [0.29, 0.717) is 29.3 Å². The number of hydrogen-bond donors (Lipinski definition) is 4. The van der Waals surface area contributed by atoms with Gasteiger partial charge in [-0.2, -0.15) is 13.8 Å². The van der Waals surface area contributed by atoms with Crippen molar-refractivity contribution in [2.75, 3.05) is 78.8 Å². The van der Waals surface area contributed by atoms with Gasteiger partial charge in [0.25, 0.3) is 11.8 Å². The van der Waals surface area contributed by atoms with Crippen molar-refractivity contribution in [2.24, 2.45) is 11.3 Å². The number of hydrogen-bond acceptors (Lipinski definition) is 12. The molecule has 342 valence electrons. The number of nitrogens with zero attached hydrogens (tertiary/aromatic N) is 6. The molecule has 4 N–H and O–H groups in total. The number of nitrogens with one attached hydrogen (secondary N) is 4. The van der Waals surface area contributed by atoms with E-state index in [0.717, 1.165) is 108 Å². The number of carbonyl (C=O) groups is 4. The molecule has 1 aromatic heterocycles. The number of likely N-dealkylation sites (tertiary alicyclic amines) is 1. The van der Waals surface area contributed by atoms with Gasteiger partial charge >= 0.3 is 5.92 Å². The van der Waals surface area contributed by atoms with Gasteiger partial charge in [-0.05, 0) is 119 Å². The molecule has 5 fully saturated rings. The molecule has 1 spiro atoms. The minimum Gasteiger partial charge on any atom is -0.495 e. The van der Waals surface area contributed by atoms with Gasteiger partial charge in [0.1, 0.15) is 23.3 Å². The molecule has 5 heterocycles. The molecule has 0 bridgehead atoms. The lowest BCUT2D eigenvalue weighted by Crippen LogP contribution is -2.55. The Morgan fingerprint density at radius 2 is 1.69 bits per heavy atom. The summed E-state index contributed by atoms with van der Waals surface area (Å²) in [6, 6.07) is 9.47. The minimum atomic E-state index is -3.57. The molecule has 2 aliphatic carbocycles. The molecule has 6 aliphatic rings. The largest absolute Gasteiger partial charge is 0.495 e. The zero-order valence-electron chi connectivity index (χ0n) is 36.4. The second kappa shape index (κ2) is 17.7. The number of ether oxygens (including phenoxy) is 1. The molecular formula is C46H57F3N10O5. The van der Waals surface area contributed by atoms with E-state index in [1.807, 2.05) is 6.07 Å². The lowest BCUT2D eigenvalue weighted by molar-refractivity contribution is -0.140. The first-order chi connectivity index (χ1) is 30.8. The van der Waals surface area contributed by atoms with E-state index in [4.69, 9.17) is 4.74 Å². The van der Waals surface area contributed by atoms with Gasteiger partial charge in [-0.15, -0.1) is 0 Å². The van der Waals surface area contributed by atoms with E-state index in [9.17, 15) is 19.2 Å². The lowest BCUT2D eigenvalue weighted by atomic mass is 9.60. The van der Waals surface area contributed by atoms with E-state index in [-0.39, 0.29) is 58.9 Å². The van der Waals surface area contributed by atoms with Crippen LogP contribution in [0.25, 0.3) is 0 Å². The van der Waals surface area contributed by atoms with E-state index >= 15 is 13.2 Å². The lowest BCUT2D eigenvalue weighted by Gasteiger charge is -2.52. The molecule has 15 nitrogen and oxygen atoms in total. The summed E-state index contributed by atoms with van der Waals surface area (Å²) in [5, 5.41) is 11.6. The summed E-state index contributed by atoms with van der Waals surface area (Å²) in [6.07, 6.45) is 11.4. The van der Waals surface area contributed by atoms with Gasteiger partial charge in [0.2, 0.25) is 17.8 Å². The van der Waals surface area contributed by atoms with Gasteiger partial charge < -0.3 is 40.3 Å². The van der Waals surface area contributed by atoms with E-state index in [1.165, 1.54) is 26.4 Å². The number of carbonyl (C=O) groups excluding carboxylic acids is 4. The molecule has 1 atom stereocenters. The van der Waals surface area contributed by atoms with Gasteiger partial charge in [0.05, 0.1) is 31.2 Å². The molecule has 3 aromatic rings. The predicted molar refractivity (Wildman–Crippen MR) is 236 cm³/mol. The van der Waals surface area contributed by atoms with Crippen LogP contribution < -0.4 is 40.7 Å². The van der Waals surface area contributed by atoms with Crippen LogP contribution in [0.5, 0.6) is 5.75 Å². The number of rotatable bonds is 11. The second-order valence-electron chi connectivity index (χ2n) is 18.7. The SMILES string of the molecule is COc1cc(C(=O)NC2CC3(CCN(CC4CCN(c5ccc(NC6CCC(=O)NC6=O)c(F)c5)CC4)CC3)C2)ccc1Nc1ncc2c(n1)N(C1CCCC1)CC(F)(F)C(=O)N2C. The second-order valence-corrected chi connectivity index (χ2v) is 18.7. The highest BCUT2D eigenvalue weighted by atomic mass is 19.3. The highest BCUT2D eigenvalue weighted by Gasteiger charge is 2.49.